The highest BCUT2D eigenvalue weighted by Gasteiger charge is 2.09. The van der Waals surface area contributed by atoms with Gasteiger partial charge in [-0.1, -0.05) is 37.6 Å². The van der Waals surface area contributed by atoms with Crippen LogP contribution in [0.4, 0.5) is 4.39 Å². The SMILES string of the molecule is CC(C)C(O)CCNCc1cccc(Cl)c1F. The maximum Gasteiger partial charge on any atom is 0.146 e. The van der Waals surface area contributed by atoms with Gasteiger partial charge >= 0.3 is 0 Å². The lowest BCUT2D eigenvalue weighted by Gasteiger charge is -2.14. The zero-order chi connectivity index (χ0) is 12.8. The molecule has 0 heterocycles. The number of benzene rings is 1. The Morgan fingerprint density at radius 1 is 1.41 bits per heavy atom. The van der Waals surface area contributed by atoms with Crippen LogP contribution in [-0.4, -0.2) is 17.8 Å². The van der Waals surface area contributed by atoms with Gasteiger partial charge in [-0.15, -0.1) is 0 Å². The van der Waals surface area contributed by atoms with Gasteiger partial charge in [0.1, 0.15) is 5.82 Å². The summed E-state index contributed by atoms with van der Waals surface area (Å²) in [6.07, 6.45) is 0.353. The number of rotatable bonds is 6. The fourth-order valence-electron chi connectivity index (χ4n) is 1.49. The van der Waals surface area contributed by atoms with Crippen LogP contribution in [0.3, 0.4) is 0 Å². The molecule has 0 aliphatic rings. The number of aliphatic hydroxyl groups is 1. The molecule has 0 amide bonds. The lowest BCUT2D eigenvalue weighted by molar-refractivity contribution is 0.116. The molecule has 0 fully saturated rings. The summed E-state index contributed by atoms with van der Waals surface area (Å²) < 4.78 is 13.5. The van der Waals surface area contributed by atoms with E-state index in [1.54, 1.807) is 12.1 Å². The van der Waals surface area contributed by atoms with Gasteiger partial charge in [-0.2, -0.15) is 0 Å². The van der Waals surface area contributed by atoms with Crippen LogP contribution in [0.15, 0.2) is 18.2 Å². The van der Waals surface area contributed by atoms with E-state index < -0.39 is 0 Å². The molecule has 1 aromatic carbocycles. The molecule has 0 aromatic heterocycles. The third kappa shape index (κ3) is 4.62. The van der Waals surface area contributed by atoms with Crippen LogP contribution in [0, 0.1) is 11.7 Å². The van der Waals surface area contributed by atoms with Crippen LogP contribution >= 0.6 is 11.6 Å². The summed E-state index contributed by atoms with van der Waals surface area (Å²) in [5.74, 6) is -0.120. The Balaban J connectivity index is 2.34. The lowest BCUT2D eigenvalue weighted by Crippen LogP contribution is -2.23. The molecule has 0 spiro atoms. The van der Waals surface area contributed by atoms with Crippen molar-refractivity contribution in [3.05, 3.63) is 34.6 Å². The fraction of sp³-hybridized carbons (Fsp3) is 0.538. The highest BCUT2D eigenvalue weighted by atomic mass is 35.5. The van der Waals surface area contributed by atoms with E-state index in [9.17, 15) is 9.50 Å². The van der Waals surface area contributed by atoms with Gasteiger partial charge in [0, 0.05) is 12.1 Å². The van der Waals surface area contributed by atoms with E-state index in [0.717, 1.165) is 0 Å². The van der Waals surface area contributed by atoms with Gasteiger partial charge in [0.05, 0.1) is 11.1 Å². The zero-order valence-electron chi connectivity index (χ0n) is 10.2. The normalized spacial score (nSPS) is 13.1. The minimum Gasteiger partial charge on any atom is -0.393 e. The maximum atomic E-state index is 13.5. The minimum absolute atomic E-state index is 0.145. The van der Waals surface area contributed by atoms with Crippen molar-refractivity contribution in [3.8, 4) is 0 Å². The Labute approximate surface area is 107 Å². The Hall–Kier alpha value is -0.640. The summed E-state index contributed by atoms with van der Waals surface area (Å²) in [4.78, 5) is 0. The first-order valence-electron chi connectivity index (χ1n) is 5.84. The molecule has 1 aromatic rings. The second-order valence-electron chi connectivity index (χ2n) is 4.49. The second-order valence-corrected chi connectivity index (χ2v) is 4.90. The lowest BCUT2D eigenvalue weighted by atomic mass is 10.0. The maximum absolute atomic E-state index is 13.5. The number of hydrogen-bond acceptors (Lipinski definition) is 2. The molecule has 0 radical (unpaired) electrons. The van der Waals surface area contributed by atoms with Gasteiger partial charge in [0.25, 0.3) is 0 Å². The van der Waals surface area contributed by atoms with Crippen molar-refractivity contribution in [1.29, 1.82) is 0 Å². The van der Waals surface area contributed by atoms with E-state index in [4.69, 9.17) is 11.6 Å². The predicted molar refractivity (Wildman–Crippen MR) is 68.6 cm³/mol. The molecule has 4 heteroatoms. The monoisotopic (exact) mass is 259 g/mol. The molecular formula is C13H19ClFNO. The minimum atomic E-state index is -0.369. The van der Waals surface area contributed by atoms with Crippen LogP contribution < -0.4 is 5.32 Å². The quantitative estimate of drug-likeness (QED) is 0.770. The summed E-state index contributed by atoms with van der Waals surface area (Å²) in [6.45, 7) is 5.03. The van der Waals surface area contributed by atoms with Crippen molar-refractivity contribution in [2.45, 2.75) is 32.9 Å². The van der Waals surface area contributed by atoms with Crippen LogP contribution in [0.2, 0.25) is 5.02 Å². The first kappa shape index (κ1) is 14.4. The van der Waals surface area contributed by atoms with Gasteiger partial charge < -0.3 is 10.4 Å². The molecule has 0 aliphatic carbocycles. The molecule has 2 N–H and O–H groups in total. The standard InChI is InChI=1S/C13H19ClFNO/c1-9(2)12(17)6-7-16-8-10-4-3-5-11(14)13(10)15/h3-5,9,12,16-17H,6-8H2,1-2H3. The Kier molecular flexibility index (Phi) is 5.89. The summed E-state index contributed by atoms with van der Waals surface area (Å²) >= 11 is 5.68. The summed E-state index contributed by atoms with van der Waals surface area (Å²) in [5.41, 5.74) is 0.552. The van der Waals surface area contributed by atoms with Crippen molar-refractivity contribution < 1.29 is 9.50 Å². The van der Waals surface area contributed by atoms with Gasteiger partial charge in [-0.05, 0) is 24.9 Å². The van der Waals surface area contributed by atoms with E-state index in [-0.39, 0.29) is 22.9 Å². The molecular weight excluding hydrogens is 241 g/mol. The van der Waals surface area contributed by atoms with Crippen LogP contribution in [0.25, 0.3) is 0 Å². The predicted octanol–water partition coefficient (Wildman–Crippen LogP) is 2.98. The van der Waals surface area contributed by atoms with E-state index in [2.05, 4.69) is 5.32 Å². The first-order chi connectivity index (χ1) is 8.02. The van der Waals surface area contributed by atoms with E-state index in [1.807, 2.05) is 13.8 Å². The van der Waals surface area contributed by atoms with Crippen molar-refractivity contribution in [2.75, 3.05) is 6.54 Å². The largest absolute Gasteiger partial charge is 0.393 e. The third-order valence-electron chi connectivity index (χ3n) is 2.73. The molecule has 1 atom stereocenters. The topological polar surface area (TPSA) is 32.3 Å². The average Bonchev–Trinajstić information content (AvgIpc) is 2.29. The Bertz CT molecular complexity index is 357. The Morgan fingerprint density at radius 2 is 2.12 bits per heavy atom. The van der Waals surface area contributed by atoms with E-state index in [1.165, 1.54) is 6.07 Å². The third-order valence-corrected chi connectivity index (χ3v) is 3.03. The van der Waals surface area contributed by atoms with Crippen molar-refractivity contribution in [3.63, 3.8) is 0 Å². The van der Waals surface area contributed by atoms with Gasteiger partial charge in [0.15, 0.2) is 0 Å². The zero-order valence-corrected chi connectivity index (χ0v) is 11.0. The smallest absolute Gasteiger partial charge is 0.146 e. The van der Waals surface area contributed by atoms with Crippen LogP contribution in [-0.2, 0) is 6.54 Å². The fourth-order valence-corrected chi connectivity index (χ4v) is 1.69. The second kappa shape index (κ2) is 6.94. The molecule has 1 unspecified atom stereocenters. The molecule has 2 nitrogen and oxygen atoms in total. The molecule has 17 heavy (non-hydrogen) atoms. The number of aliphatic hydroxyl groups excluding tert-OH is 1. The molecule has 0 bridgehead atoms. The Morgan fingerprint density at radius 3 is 2.76 bits per heavy atom. The average molecular weight is 260 g/mol. The molecule has 1 rings (SSSR count). The molecule has 0 aliphatic heterocycles. The van der Waals surface area contributed by atoms with Gasteiger partial charge in [0.2, 0.25) is 0 Å². The van der Waals surface area contributed by atoms with Crippen LogP contribution in [0.1, 0.15) is 25.8 Å². The number of hydrogen-bond donors (Lipinski definition) is 2. The molecule has 0 saturated carbocycles. The first-order valence-corrected chi connectivity index (χ1v) is 6.22. The van der Waals surface area contributed by atoms with E-state index in [0.29, 0.717) is 25.1 Å². The summed E-state index contributed by atoms with van der Waals surface area (Å²) in [5, 5.41) is 12.8. The summed E-state index contributed by atoms with van der Waals surface area (Å²) in [7, 11) is 0. The molecule has 96 valence electrons. The van der Waals surface area contributed by atoms with Gasteiger partial charge in [-0.25, -0.2) is 4.39 Å². The highest BCUT2D eigenvalue weighted by molar-refractivity contribution is 6.30. The van der Waals surface area contributed by atoms with Crippen molar-refractivity contribution in [1.82, 2.24) is 5.32 Å². The van der Waals surface area contributed by atoms with Crippen molar-refractivity contribution in [2.24, 2.45) is 5.92 Å². The molecule has 0 saturated heterocycles. The highest BCUT2D eigenvalue weighted by Crippen LogP contribution is 2.17. The van der Waals surface area contributed by atoms with Crippen molar-refractivity contribution >= 4 is 11.6 Å². The summed E-state index contributed by atoms with van der Waals surface area (Å²) in [6, 6.07) is 4.96. The van der Waals surface area contributed by atoms with Crippen LogP contribution in [0.5, 0.6) is 0 Å². The number of nitrogens with one attached hydrogen (secondary N) is 1. The number of halogens is 2. The van der Waals surface area contributed by atoms with Gasteiger partial charge in [-0.3, -0.25) is 0 Å². The van der Waals surface area contributed by atoms with E-state index >= 15 is 0 Å².